The van der Waals surface area contributed by atoms with Crippen molar-refractivity contribution in [1.82, 2.24) is 9.97 Å². The van der Waals surface area contributed by atoms with Gasteiger partial charge in [0.2, 0.25) is 0 Å². The molecule has 1 N–H and O–H groups in total. The first-order chi connectivity index (χ1) is 11.8. The number of fused-ring (bicyclic) bond motifs is 1. The molecule has 2 aromatic rings. The zero-order valence-electron chi connectivity index (χ0n) is 13.7. The van der Waals surface area contributed by atoms with E-state index in [0.29, 0.717) is 6.61 Å². The average Bonchev–Trinajstić information content (AvgIpc) is 3.17. The number of carbonyl (C=O) groups is 1. The number of piperidine rings is 1. The van der Waals surface area contributed by atoms with Gasteiger partial charge in [0.15, 0.2) is 0 Å². The first-order valence-corrected chi connectivity index (χ1v) is 8.73. The molecule has 4 rings (SSSR count). The van der Waals surface area contributed by atoms with Crippen LogP contribution in [0.2, 0.25) is 0 Å². The van der Waals surface area contributed by atoms with Gasteiger partial charge in [-0.15, -0.1) is 0 Å². The molecule has 6 heteroatoms. The number of ether oxygens (including phenoxy) is 1. The summed E-state index contributed by atoms with van der Waals surface area (Å²) in [5, 5.41) is 3.96. The highest BCUT2D eigenvalue weighted by Gasteiger charge is 2.24. The molecule has 1 atom stereocenters. The molecule has 0 spiro atoms. The van der Waals surface area contributed by atoms with E-state index >= 15 is 0 Å². The van der Waals surface area contributed by atoms with Crippen LogP contribution in [-0.2, 0) is 9.53 Å². The van der Waals surface area contributed by atoms with Crippen LogP contribution in [0.3, 0.4) is 0 Å². The van der Waals surface area contributed by atoms with Crippen molar-refractivity contribution < 1.29 is 9.53 Å². The summed E-state index contributed by atoms with van der Waals surface area (Å²) >= 11 is 0. The van der Waals surface area contributed by atoms with E-state index in [9.17, 15) is 4.79 Å². The minimum absolute atomic E-state index is 0.0665. The molecular weight excluding hydrogens is 304 g/mol. The van der Waals surface area contributed by atoms with Crippen molar-refractivity contribution in [3.63, 3.8) is 0 Å². The molecule has 1 aromatic heterocycles. The number of nitrogens with zero attached hydrogens (tertiary/aromatic N) is 3. The fourth-order valence-corrected chi connectivity index (χ4v) is 3.49. The van der Waals surface area contributed by atoms with Crippen molar-refractivity contribution >= 4 is 28.3 Å². The second kappa shape index (κ2) is 6.73. The quantitative estimate of drug-likeness (QED) is 0.939. The maximum Gasteiger partial charge on any atom is 0.253 e. The van der Waals surface area contributed by atoms with Crippen molar-refractivity contribution in [2.45, 2.75) is 38.2 Å². The highest BCUT2D eigenvalue weighted by atomic mass is 16.5. The van der Waals surface area contributed by atoms with Gasteiger partial charge < -0.3 is 15.0 Å². The Kier molecular flexibility index (Phi) is 4.30. The Hall–Kier alpha value is -2.21. The largest absolute Gasteiger partial charge is 0.368 e. The van der Waals surface area contributed by atoms with E-state index in [1.165, 1.54) is 19.3 Å². The van der Waals surface area contributed by atoms with Crippen molar-refractivity contribution in [2.24, 2.45) is 0 Å². The van der Waals surface area contributed by atoms with Crippen LogP contribution in [0.15, 0.2) is 24.5 Å². The lowest BCUT2D eigenvalue weighted by atomic mass is 10.1. The fourth-order valence-electron chi connectivity index (χ4n) is 3.49. The Balaban J connectivity index is 1.62. The number of amides is 1. The molecule has 1 amide bonds. The summed E-state index contributed by atoms with van der Waals surface area (Å²) in [6.45, 7) is 2.72. The van der Waals surface area contributed by atoms with E-state index in [1.54, 1.807) is 6.33 Å². The number of aromatic nitrogens is 2. The highest BCUT2D eigenvalue weighted by molar-refractivity contribution is 5.98. The fraction of sp³-hybridized carbons (Fsp3) is 0.500. The zero-order chi connectivity index (χ0) is 16.4. The van der Waals surface area contributed by atoms with Gasteiger partial charge in [0, 0.05) is 30.8 Å². The van der Waals surface area contributed by atoms with E-state index in [2.05, 4.69) is 20.2 Å². The normalized spacial score (nSPS) is 21.2. The van der Waals surface area contributed by atoms with Crippen molar-refractivity contribution in [3.8, 4) is 0 Å². The molecule has 24 heavy (non-hydrogen) atoms. The molecule has 126 valence electrons. The predicted octanol–water partition coefficient (Wildman–Crippen LogP) is 2.74. The van der Waals surface area contributed by atoms with Crippen LogP contribution in [0.5, 0.6) is 0 Å². The lowest BCUT2D eigenvalue weighted by Gasteiger charge is -2.28. The van der Waals surface area contributed by atoms with Gasteiger partial charge in [0.05, 0.1) is 5.52 Å². The minimum Gasteiger partial charge on any atom is -0.368 e. The Bertz CT molecular complexity index is 737. The molecule has 2 fully saturated rings. The van der Waals surface area contributed by atoms with Crippen LogP contribution in [0, 0.1) is 0 Å². The number of anilines is 2. The molecule has 0 saturated carbocycles. The topological polar surface area (TPSA) is 67.4 Å². The molecular formula is C18H22N4O2. The lowest BCUT2D eigenvalue weighted by Crippen LogP contribution is -2.30. The highest BCUT2D eigenvalue weighted by Crippen LogP contribution is 2.28. The van der Waals surface area contributed by atoms with Crippen molar-refractivity contribution in [3.05, 3.63) is 24.5 Å². The smallest absolute Gasteiger partial charge is 0.253 e. The first-order valence-electron chi connectivity index (χ1n) is 8.73. The third kappa shape index (κ3) is 3.06. The standard InChI is InChI=1S/C18H22N4O2/c23-18(16-5-4-10-24-16)21-13-6-7-15-14(11-13)17(20-12-19-15)22-8-2-1-3-9-22/h6-7,11-12,16H,1-5,8-10H2,(H,21,23). The molecule has 6 nitrogen and oxygen atoms in total. The van der Waals surface area contributed by atoms with Crippen LogP contribution >= 0.6 is 0 Å². The van der Waals surface area contributed by atoms with E-state index in [0.717, 1.165) is 48.3 Å². The summed E-state index contributed by atoms with van der Waals surface area (Å²) in [5.41, 5.74) is 1.68. The summed E-state index contributed by atoms with van der Waals surface area (Å²) in [4.78, 5) is 23.4. The first kappa shape index (κ1) is 15.3. The summed E-state index contributed by atoms with van der Waals surface area (Å²) < 4.78 is 5.45. The van der Waals surface area contributed by atoms with Gasteiger partial charge in [-0.1, -0.05) is 0 Å². The number of hydrogen-bond acceptors (Lipinski definition) is 5. The molecule has 0 radical (unpaired) electrons. The Morgan fingerprint density at radius 3 is 2.83 bits per heavy atom. The number of benzene rings is 1. The molecule has 1 aromatic carbocycles. The SMILES string of the molecule is O=C(Nc1ccc2ncnc(N3CCCCC3)c2c1)C1CCCO1. The van der Waals surface area contributed by atoms with E-state index in [1.807, 2.05) is 18.2 Å². The number of hydrogen-bond donors (Lipinski definition) is 1. The monoisotopic (exact) mass is 326 g/mol. The Morgan fingerprint density at radius 1 is 1.17 bits per heavy atom. The van der Waals surface area contributed by atoms with Gasteiger partial charge in [0.1, 0.15) is 18.2 Å². The number of nitrogens with one attached hydrogen (secondary N) is 1. The molecule has 2 aliphatic heterocycles. The second-order valence-electron chi connectivity index (χ2n) is 6.47. The van der Waals surface area contributed by atoms with Crippen LogP contribution in [-0.4, -0.2) is 41.7 Å². The maximum atomic E-state index is 12.3. The molecule has 3 heterocycles. The summed E-state index contributed by atoms with van der Waals surface area (Å²) in [7, 11) is 0. The van der Waals surface area contributed by atoms with Gasteiger partial charge in [-0.3, -0.25) is 4.79 Å². The minimum atomic E-state index is -0.325. The summed E-state index contributed by atoms with van der Waals surface area (Å²) in [5.74, 6) is 0.899. The van der Waals surface area contributed by atoms with Gasteiger partial charge >= 0.3 is 0 Å². The molecule has 1 unspecified atom stereocenters. The maximum absolute atomic E-state index is 12.3. The van der Waals surface area contributed by atoms with Crippen molar-refractivity contribution in [2.75, 3.05) is 29.9 Å². The van der Waals surface area contributed by atoms with E-state index in [4.69, 9.17) is 4.74 Å². The van der Waals surface area contributed by atoms with Crippen LogP contribution in [0.4, 0.5) is 11.5 Å². The third-order valence-corrected chi connectivity index (χ3v) is 4.76. The van der Waals surface area contributed by atoms with Crippen LogP contribution < -0.4 is 10.2 Å². The van der Waals surface area contributed by atoms with E-state index < -0.39 is 0 Å². The van der Waals surface area contributed by atoms with Gasteiger partial charge in [-0.2, -0.15) is 0 Å². The van der Waals surface area contributed by atoms with E-state index in [-0.39, 0.29) is 12.0 Å². The van der Waals surface area contributed by atoms with Crippen molar-refractivity contribution in [1.29, 1.82) is 0 Å². The summed E-state index contributed by atoms with van der Waals surface area (Å²) in [6.07, 6.45) is 6.71. The van der Waals surface area contributed by atoms with Crippen LogP contribution in [0.25, 0.3) is 10.9 Å². The third-order valence-electron chi connectivity index (χ3n) is 4.76. The van der Waals surface area contributed by atoms with Gasteiger partial charge in [-0.05, 0) is 50.3 Å². The number of carbonyl (C=O) groups excluding carboxylic acids is 1. The molecule has 2 aliphatic rings. The van der Waals surface area contributed by atoms with Gasteiger partial charge in [0.25, 0.3) is 5.91 Å². The Labute approximate surface area is 141 Å². The average molecular weight is 326 g/mol. The van der Waals surface area contributed by atoms with Gasteiger partial charge in [-0.25, -0.2) is 9.97 Å². The molecule has 0 aliphatic carbocycles. The lowest BCUT2D eigenvalue weighted by molar-refractivity contribution is -0.124. The van der Waals surface area contributed by atoms with Crippen LogP contribution in [0.1, 0.15) is 32.1 Å². The molecule has 0 bridgehead atoms. The second-order valence-corrected chi connectivity index (χ2v) is 6.47. The predicted molar refractivity (Wildman–Crippen MR) is 93.2 cm³/mol. The zero-order valence-corrected chi connectivity index (χ0v) is 13.7. The molecule has 2 saturated heterocycles. The Morgan fingerprint density at radius 2 is 2.04 bits per heavy atom. The summed E-state index contributed by atoms with van der Waals surface area (Å²) in [6, 6.07) is 5.81. The number of rotatable bonds is 3.